The number of methoxy groups -OCH3 is 1. The van der Waals surface area contributed by atoms with Gasteiger partial charge in [0.25, 0.3) is 0 Å². The van der Waals surface area contributed by atoms with Crippen LogP contribution in [0.4, 0.5) is 5.13 Å². The first-order valence-corrected chi connectivity index (χ1v) is 6.36. The number of anilines is 1. The van der Waals surface area contributed by atoms with E-state index >= 15 is 0 Å². The average Bonchev–Trinajstić information content (AvgIpc) is 2.76. The van der Waals surface area contributed by atoms with E-state index in [1.165, 1.54) is 18.4 Å². The Morgan fingerprint density at radius 3 is 2.74 bits per heavy atom. The molecule has 19 heavy (non-hydrogen) atoms. The zero-order valence-electron chi connectivity index (χ0n) is 10.5. The number of aromatic nitrogens is 2. The topological polar surface area (TPSA) is 107 Å². The minimum absolute atomic E-state index is 0. The maximum atomic E-state index is 11.3. The lowest BCUT2D eigenvalue weighted by Crippen LogP contribution is -2.15. The fourth-order valence-electron chi connectivity index (χ4n) is 1.20. The van der Waals surface area contributed by atoms with E-state index in [-0.39, 0.29) is 30.7 Å². The highest BCUT2D eigenvalue weighted by atomic mass is 35.5. The molecule has 0 saturated heterocycles. The molecule has 0 aliphatic heterocycles. The standard InChI is InChI=1S/C10H16N4O3S.ClH/c1-17-9(16)4-2-3-8-13-14-10(18-8)12-7(15)5-6-11;/h2-6,11H2,1H3,(H,12,14,15);1H. The number of carbonyl (C=O) groups is 2. The lowest BCUT2D eigenvalue weighted by molar-refractivity contribution is -0.140. The molecule has 1 aromatic heterocycles. The molecule has 0 fully saturated rings. The summed E-state index contributed by atoms with van der Waals surface area (Å²) in [6.07, 6.45) is 1.90. The minimum atomic E-state index is -0.240. The van der Waals surface area contributed by atoms with Crippen LogP contribution in [0.2, 0.25) is 0 Å². The van der Waals surface area contributed by atoms with Crippen molar-refractivity contribution in [2.75, 3.05) is 19.0 Å². The number of nitrogens with one attached hydrogen (secondary N) is 1. The van der Waals surface area contributed by atoms with Gasteiger partial charge in [0.2, 0.25) is 11.0 Å². The van der Waals surface area contributed by atoms with Gasteiger partial charge in [0.1, 0.15) is 5.01 Å². The van der Waals surface area contributed by atoms with Crippen molar-refractivity contribution in [3.63, 3.8) is 0 Å². The van der Waals surface area contributed by atoms with Gasteiger partial charge in [0.15, 0.2) is 0 Å². The van der Waals surface area contributed by atoms with E-state index in [1.54, 1.807) is 0 Å². The monoisotopic (exact) mass is 308 g/mol. The Morgan fingerprint density at radius 2 is 2.11 bits per heavy atom. The molecule has 7 nitrogen and oxygen atoms in total. The molecule has 1 rings (SSSR count). The van der Waals surface area contributed by atoms with Gasteiger partial charge in [-0.05, 0) is 6.42 Å². The van der Waals surface area contributed by atoms with E-state index in [1.807, 2.05) is 0 Å². The highest BCUT2D eigenvalue weighted by Crippen LogP contribution is 2.17. The van der Waals surface area contributed by atoms with Crippen LogP contribution in [0, 0.1) is 0 Å². The fourth-order valence-corrected chi connectivity index (χ4v) is 2.00. The van der Waals surface area contributed by atoms with E-state index in [4.69, 9.17) is 5.73 Å². The number of nitrogens with two attached hydrogens (primary N) is 1. The van der Waals surface area contributed by atoms with Crippen LogP contribution in [-0.4, -0.2) is 35.7 Å². The quantitative estimate of drug-likeness (QED) is 0.719. The Morgan fingerprint density at radius 1 is 1.37 bits per heavy atom. The minimum Gasteiger partial charge on any atom is -0.469 e. The van der Waals surface area contributed by atoms with Gasteiger partial charge in [-0.15, -0.1) is 22.6 Å². The molecule has 0 aliphatic carbocycles. The van der Waals surface area contributed by atoms with Crippen molar-refractivity contribution in [1.29, 1.82) is 0 Å². The predicted octanol–water partition coefficient (Wildman–Crippen LogP) is 0.743. The number of nitrogens with zero attached hydrogens (tertiary/aromatic N) is 2. The number of hydrogen-bond acceptors (Lipinski definition) is 7. The highest BCUT2D eigenvalue weighted by Gasteiger charge is 2.08. The third-order valence-electron chi connectivity index (χ3n) is 2.08. The summed E-state index contributed by atoms with van der Waals surface area (Å²) in [5.41, 5.74) is 5.26. The zero-order valence-corrected chi connectivity index (χ0v) is 12.2. The van der Waals surface area contributed by atoms with Crippen LogP contribution in [0.1, 0.15) is 24.3 Å². The second-order valence-electron chi connectivity index (χ2n) is 3.52. The molecule has 1 aromatic rings. The third kappa shape index (κ3) is 7.04. The van der Waals surface area contributed by atoms with E-state index < -0.39 is 0 Å². The van der Waals surface area contributed by atoms with Crippen LogP contribution in [0.5, 0.6) is 0 Å². The van der Waals surface area contributed by atoms with Crippen molar-refractivity contribution in [2.24, 2.45) is 5.73 Å². The molecule has 0 radical (unpaired) electrons. The normalized spacial score (nSPS) is 9.58. The van der Waals surface area contributed by atoms with Crippen molar-refractivity contribution in [3.8, 4) is 0 Å². The number of aryl methyl sites for hydroxylation is 1. The lowest BCUT2D eigenvalue weighted by atomic mass is 10.2. The van der Waals surface area contributed by atoms with Crippen molar-refractivity contribution in [3.05, 3.63) is 5.01 Å². The van der Waals surface area contributed by atoms with Crippen LogP contribution in [-0.2, 0) is 20.7 Å². The number of hydrogen-bond donors (Lipinski definition) is 2. The van der Waals surface area contributed by atoms with Crippen LogP contribution in [0.15, 0.2) is 0 Å². The third-order valence-corrected chi connectivity index (χ3v) is 2.98. The molecule has 3 N–H and O–H groups in total. The Hall–Kier alpha value is -1.25. The molecular weight excluding hydrogens is 292 g/mol. The van der Waals surface area contributed by atoms with Gasteiger partial charge in [-0.1, -0.05) is 11.3 Å². The van der Waals surface area contributed by atoms with Gasteiger partial charge < -0.3 is 15.8 Å². The molecule has 9 heteroatoms. The number of esters is 1. The van der Waals surface area contributed by atoms with E-state index in [0.29, 0.717) is 30.9 Å². The Balaban J connectivity index is 0.00000324. The zero-order chi connectivity index (χ0) is 13.4. The molecule has 0 atom stereocenters. The molecule has 0 spiro atoms. The Labute approximate surface area is 121 Å². The predicted molar refractivity (Wildman–Crippen MR) is 74.4 cm³/mol. The summed E-state index contributed by atoms with van der Waals surface area (Å²) in [6.45, 7) is 0.302. The average molecular weight is 309 g/mol. The largest absolute Gasteiger partial charge is 0.469 e. The van der Waals surface area contributed by atoms with E-state index in [2.05, 4.69) is 20.3 Å². The first-order chi connectivity index (χ1) is 8.65. The highest BCUT2D eigenvalue weighted by molar-refractivity contribution is 7.15. The maximum Gasteiger partial charge on any atom is 0.305 e. The van der Waals surface area contributed by atoms with Gasteiger partial charge in [-0.25, -0.2) is 0 Å². The van der Waals surface area contributed by atoms with Crippen molar-refractivity contribution >= 4 is 40.8 Å². The molecule has 1 amide bonds. The van der Waals surface area contributed by atoms with Crippen molar-refractivity contribution in [1.82, 2.24) is 10.2 Å². The van der Waals surface area contributed by atoms with E-state index in [9.17, 15) is 9.59 Å². The van der Waals surface area contributed by atoms with Crippen LogP contribution in [0.3, 0.4) is 0 Å². The van der Waals surface area contributed by atoms with E-state index in [0.717, 1.165) is 5.01 Å². The number of halogens is 1. The van der Waals surface area contributed by atoms with Crippen molar-refractivity contribution in [2.45, 2.75) is 25.7 Å². The summed E-state index contributed by atoms with van der Waals surface area (Å²) in [5, 5.41) is 11.6. The smallest absolute Gasteiger partial charge is 0.305 e. The van der Waals surface area contributed by atoms with Crippen LogP contribution in [0.25, 0.3) is 0 Å². The first kappa shape index (κ1) is 17.8. The van der Waals surface area contributed by atoms with Crippen LogP contribution >= 0.6 is 23.7 Å². The van der Waals surface area contributed by atoms with Crippen LogP contribution < -0.4 is 11.1 Å². The first-order valence-electron chi connectivity index (χ1n) is 5.54. The number of rotatable bonds is 7. The number of amides is 1. The lowest BCUT2D eigenvalue weighted by Gasteiger charge is -1.97. The Bertz CT molecular complexity index is 413. The molecule has 0 bridgehead atoms. The van der Waals surface area contributed by atoms with Gasteiger partial charge in [0.05, 0.1) is 7.11 Å². The van der Waals surface area contributed by atoms with Gasteiger partial charge in [-0.3, -0.25) is 9.59 Å². The number of carbonyl (C=O) groups excluding carboxylic acids is 2. The summed E-state index contributed by atoms with van der Waals surface area (Å²) in [5.74, 6) is -0.411. The fraction of sp³-hybridized carbons (Fsp3) is 0.600. The number of ether oxygens (including phenoxy) is 1. The SMILES string of the molecule is COC(=O)CCCc1nnc(NC(=O)CCN)s1.Cl. The molecule has 0 aliphatic rings. The molecule has 1 heterocycles. The summed E-state index contributed by atoms with van der Waals surface area (Å²) in [4.78, 5) is 22.2. The van der Waals surface area contributed by atoms with Gasteiger partial charge in [0, 0.05) is 25.8 Å². The Kier molecular flexibility index (Phi) is 9.02. The summed E-state index contributed by atoms with van der Waals surface area (Å²) >= 11 is 1.30. The van der Waals surface area contributed by atoms with Gasteiger partial charge in [-0.2, -0.15) is 0 Å². The second-order valence-corrected chi connectivity index (χ2v) is 4.58. The van der Waals surface area contributed by atoms with Crippen molar-refractivity contribution < 1.29 is 14.3 Å². The molecule has 0 saturated carbocycles. The summed E-state index contributed by atoms with van der Waals surface area (Å²) in [7, 11) is 1.36. The second kappa shape index (κ2) is 9.65. The van der Waals surface area contributed by atoms with Gasteiger partial charge >= 0.3 is 5.97 Å². The summed E-state index contributed by atoms with van der Waals surface area (Å²) in [6, 6.07) is 0. The maximum absolute atomic E-state index is 11.3. The molecular formula is C10H17ClN4O3S. The molecule has 108 valence electrons. The molecule has 0 aromatic carbocycles. The summed E-state index contributed by atoms with van der Waals surface area (Å²) < 4.78 is 4.53. The molecule has 0 unspecified atom stereocenters.